The molecule has 134 valence electrons. The van der Waals surface area contributed by atoms with Crippen molar-refractivity contribution in [2.75, 3.05) is 16.4 Å². The topological polar surface area (TPSA) is 66.9 Å². The molecule has 0 atom stereocenters. The SMILES string of the molecule is CCc1ccc(NC(=O)CSc2nnc(Nc3ccc(C)cc3)s2)cc1. The highest BCUT2D eigenvalue weighted by Gasteiger charge is 2.09. The Morgan fingerprint density at radius 1 is 1.04 bits per heavy atom. The van der Waals surface area contributed by atoms with Gasteiger partial charge in [-0.25, -0.2) is 0 Å². The van der Waals surface area contributed by atoms with Gasteiger partial charge in [0.2, 0.25) is 11.0 Å². The van der Waals surface area contributed by atoms with E-state index in [1.165, 1.54) is 34.2 Å². The quantitative estimate of drug-likeness (QED) is 0.568. The van der Waals surface area contributed by atoms with E-state index in [1.807, 2.05) is 55.5 Å². The minimum absolute atomic E-state index is 0.0532. The van der Waals surface area contributed by atoms with Crippen molar-refractivity contribution in [3.63, 3.8) is 0 Å². The lowest BCUT2D eigenvalue weighted by molar-refractivity contribution is -0.113. The number of carbonyl (C=O) groups excluding carboxylic acids is 1. The average molecular weight is 385 g/mol. The van der Waals surface area contributed by atoms with Gasteiger partial charge in [0.25, 0.3) is 0 Å². The third-order valence-corrected chi connectivity index (χ3v) is 5.65. The summed E-state index contributed by atoms with van der Waals surface area (Å²) in [6.45, 7) is 4.15. The fourth-order valence-electron chi connectivity index (χ4n) is 2.23. The number of carbonyl (C=O) groups is 1. The van der Waals surface area contributed by atoms with Crippen molar-refractivity contribution in [2.24, 2.45) is 0 Å². The number of aryl methyl sites for hydroxylation is 2. The van der Waals surface area contributed by atoms with Crippen LogP contribution in [0.5, 0.6) is 0 Å². The summed E-state index contributed by atoms with van der Waals surface area (Å²) in [6.07, 6.45) is 0.986. The van der Waals surface area contributed by atoms with E-state index in [4.69, 9.17) is 0 Å². The third kappa shape index (κ3) is 5.31. The zero-order valence-corrected chi connectivity index (χ0v) is 16.3. The zero-order chi connectivity index (χ0) is 18.4. The first-order chi connectivity index (χ1) is 12.6. The molecule has 0 fully saturated rings. The molecule has 0 saturated carbocycles. The Balaban J connectivity index is 1.49. The number of amides is 1. The van der Waals surface area contributed by atoms with Crippen LogP contribution < -0.4 is 10.6 Å². The molecule has 26 heavy (non-hydrogen) atoms. The number of anilines is 3. The van der Waals surface area contributed by atoms with Gasteiger partial charge in [-0.15, -0.1) is 10.2 Å². The first-order valence-electron chi connectivity index (χ1n) is 8.31. The molecule has 0 spiro atoms. The van der Waals surface area contributed by atoms with Crippen LogP contribution in [0.3, 0.4) is 0 Å². The molecule has 0 unspecified atom stereocenters. The number of rotatable bonds is 7. The summed E-state index contributed by atoms with van der Waals surface area (Å²) < 4.78 is 0.760. The second-order valence-electron chi connectivity index (χ2n) is 5.75. The Hall–Kier alpha value is -2.38. The Bertz CT molecular complexity index is 860. The summed E-state index contributed by atoms with van der Waals surface area (Å²) in [4.78, 5) is 12.1. The number of hydrogen-bond donors (Lipinski definition) is 2. The highest BCUT2D eigenvalue weighted by atomic mass is 32.2. The van der Waals surface area contributed by atoms with Crippen LogP contribution in [0, 0.1) is 6.92 Å². The molecule has 0 bridgehead atoms. The van der Waals surface area contributed by atoms with Gasteiger partial charge in [-0.1, -0.05) is 59.9 Å². The van der Waals surface area contributed by atoms with Gasteiger partial charge in [0.15, 0.2) is 4.34 Å². The molecule has 1 aromatic heterocycles. The molecule has 0 aliphatic heterocycles. The number of benzene rings is 2. The molecular weight excluding hydrogens is 364 g/mol. The smallest absolute Gasteiger partial charge is 0.234 e. The van der Waals surface area contributed by atoms with Gasteiger partial charge in [-0.2, -0.15) is 0 Å². The zero-order valence-electron chi connectivity index (χ0n) is 14.7. The first-order valence-corrected chi connectivity index (χ1v) is 10.1. The number of nitrogens with zero attached hydrogens (tertiary/aromatic N) is 2. The monoisotopic (exact) mass is 384 g/mol. The maximum atomic E-state index is 12.1. The highest BCUT2D eigenvalue weighted by molar-refractivity contribution is 8.01. The molecule has 7 heteroatoms. The molecule has 0 saturated heterocycles. The number of nitrogens with one attached hydrogen (secondary N) is 2. The minimum Gasteiger partial charge on any atom is -0.330 e. The van der Waals surface area contributed by atoms with E-state index >= 15 is 0 Å². The molecule has 0 radical (unpaired) electrons. The maximum absolute atomic E-state index is 12.1. The van der Waals surface area contributed by atoms with E-state index in [-0.39, 0.29) is 5.91 Å². The van der Waals surface area contributed by atoms with E-state index in [0.29, 0.717) is 10.9 Å². The molecule has 5 nitrogen and oxygen atoms in total. The molecular formula is C19H20N4OS2. The summed E-state index contributed by atoms with van der Waals surface area (Å²) in [5, 5.41) is 15.1. The maximum Gasteiger partial charge on any atom is 0.234 e. The lowest BCUT2D eigenvalue weighted by atomic mass is 10.1. The predicted octanol–water partition coefficient (Wildman–Crippen LogP) is 4.88. The van der Waals surface area contributed by atoms with Gasteiger partial charge in [0.05, 0.1) is 5.75 Å². The fraction of sp³-hybridized carbons (Fsp3) is 0.211. The van der Waals surface area contributed by atoms with E-state index in [9.17, 15) is 4.79 Å². The second kappa shape index (κ2) is 8.82. The Morgan fingerprint density at radius 3 is 2.42 bits per heavy atom. The Morgan fingerprint density at radius 2 is 1.73 bits per heavy atom. The van der Waals surface area contributed by atoms with Gasteiger partial charge in [0, 0.05) is 11.4 Å². The highest BCUT2D eigenvalue weighted by Crippen LogP contribution is 2.27. The minimum atomic E-state index is -0.0532. The fourth-order valence-corrected chi connectivity index (χ4v) is 3.80. The van der Waals surface area contributed by atoms with Crippen LogP contribution in [-0.4, -0.2) is 21.9 Å². The third-order valence-electron chi connectivity index (χ3n) is 3.68. The number of thioether (sulfide) groups is 1. The molecule has 1 heterocycles. The lowest BCUT2D eigenvalue weighted by Crippen LogP contribution is -2.13. The summed E-state index contributed by atoms with van der Waals surface area (Å²) in [5.41, 5.74) is 4.24. The normalized spacial score (nSPS) is 10.5. The van der Waals surface area contributed by atoms with Crippen molar-refractivity contribution in [1.82, 2.24) is 10.2 Å². The van der Waals surface area contributed by atoms with Crippen molar-refractivity contribution in [3.8, 4) is 0 Å². The van der Waals surface area contributed by atoms with Gasteiger partial charge in [-0.05, 0) is 43.2 Å². The van der Waals surface area contributed by atoms with Crippen LogP contribution in [0.2, 0.25) is 0 Å². The van der Waals surface area contributed by atoms with Gasteiger partial charge < -0.3 is 10.6 Å². The van der Waals surface area contributed by atoms with Crippen molar-refractivity contribution < 1.29 is 4.79 Å². The average Bonchev–Trinajstić information content (AvgIpc) is 3.10. The summed E-state index contributed by atoms with van der Waals surface area (Å²) >= 11 is 2.82. The first kappa shape index (κ1) is 18.4. The molecule has 1 amide bonds. The number of aromatic nitrogens is 2. The van der Waals surface area contributed by atoms with Crippen molar-refractivity contribution in [1.29, 1.82) is 0 Å². The van der Waals surface area contributed by atoms with E-state index in [0.717, 1.165) is 22.1 Å². The number of hydrogen-bond acceptors (Lipinski definition) is 6. The molecule has 2 N–H and O–H groups in total. The second-order valence-corrected chi connectivity index (χ2v) is 7.95. The summed E-state index contributed by atoms with van der Waals surface area (Å²) in [7, 11) is 0. The predicted molar refractivity (Wildman–Crippen MR) is 110 cm³/mol. The van der Waals surface area contributed by atoms with Crippen LogP contribution >= 0.6 is 23.1 Å². The summed E-state index contributed by atoms with van der Waals surface area (Å²) in [6, 6.07) is 16.0. The van der Waals surface area contributed by atoms with Crippen LogP contribution in [0.4, 0.5) is 16.5 Å². The van der Waals surface area contributed by atoms with Gasteiger partial charge >= 0.3 is 0 Å². The van der Waals surface area contributed by atoms with Crippen molar-refractivity contribution in [3.05, 3.63) is 59.7 Å². The van der Waals surface area contributed by atoms with E-state index < -0.39 is 0 Å². The molecule has 3 rings (SSSR count). The van der Waals surface area contributed by atoms with Crippen molar-refractivity contribution >= 4 is 45.5 Å². The van der Waals surface area contributed by atoms with Crippen LogP contribution in [0.25, 0.3) is 0 Å². The van der Waals surface area contributed by atoms with E-state index in [2.05, 4.69) is 27.8 Å². The molecule has 2 aromatic carbocycles. The molecule has 3 aromatic rings. The van der Waals surface area contributed by atoms with Crippen LogP contribution in [-0.2, 0) is 11.2 Å². The Kier molecular flexibility index (Phi) is 6.25. The standard InChI is InChI=1S/C19H20N4OS2/c1-3-14-6-10-15(11-7-14)20-17(24)12-25-19-23-22-18(26-19)21-16-8-4-13(2)5-9-16/h4-11H,3,12H2,1-2H3,(H,20,24)(H,21,22). The van der Waals surface area contributed by atoms with Crippen molar-refractivity contribution in [2.45, 2.75) is 24.6 Å². The van der Waals surface area contributed by atoms with Crippen LogP contribution in [0.15, 0.2) is 52.9 Å². The summed E-state index contributed by atoms with van der Waals surface area (Å²) in [5.74, 6) is 0.247. The van der Waals surface area contributed by atoms with Gasteiger partial charge in [-0.3, -0.25) is 4.79 Å². The largest absolute Gasteiger partial charge is 0.330 e. The lowest BCUT2D eigenvalue weighted by Gasteiger charge is -2.05. The molecule has 0 aliphatic carbocycles. The molecule has 0 aliphatic rings. The van der Waals surface area contributed by atoms with E-state index in [1.54, 1.807) is 0 Å². The Labute approximate surface area is 161 Å². The van der Waals surface area contributed by atoms with Crippen LogP contribution in [0.1, 0.15) is 18.1 Å². The van der Waals surface area contributed by atoms with Gasteiger partial charge in [0.1, 0.15) is 0 Å².